The van der Waals surface area contributed by atoms with Crippen molar-refractivity contribution in [2.24, 2.45) is 0 Å². The fraction of sp³-hybridized carbons (Fsp3) is 0.400. The smallest absolute Gasteiger partial charge is 0.244 e. The number of aryl methyl sites for hydroxylation is 2. The summed E-state index contributed by atoms with van der Waals surface area (Å²) in [6.45, 7) is 2.93. The van der Waals surface area contributed by atoms with Crippen molar-refractivity contribution in [3.8, 4) is 11.5 Å². The van der Waals surface area contributed by atoms with Crippen LogP contribution in [0.4, 0.5) is 0 Å². The van der Waals surface area contributed by atoms with Gasteiger partial charge in [-0.25, -0.2) is 18.1 Å². The van der Waals surface area contributed by atoms with E-state index in [9.17, 15) is 8.42 Å². The van der Waals surface area contributed by atoms with Crippen molar-refractivity contribution in [2.75, 3.05) is 20.8 Å². The van der Waals surface area contributed by atoms with E-state index in [2.05, 4.69) is 9.71 Å². The zero-order valence-electron chi connectivity index (χ0n) is 13.4. The summed E-state index contributed by atoms with van der Waals surface area (Å²) in [7, 11) is -0.748. The molecule has 0 atom stereocenters. The molecule has 0 aliphatic heterocycles. The second kappa shape index (κ2) is 7.47. The summed E-state index contributed by atoms with van der Waals surface area (Å²) in [4.78, 5) is 4.20. The van der Waals surface area contributed by atoms with Crippen LogP contribution in [-0.4, -0.2) is 38.7 Å². The Morgan fingerprint density at radius 2 is 2.04 bits per heavy atom. The molecule has 2 aromatic rings. The Balaban J connectivity index is 2.02. The number of hydrogen-bond donors (Lipinski definition) is 1. The fourth-order valence-corrected chi connectivity index (χ4v) is 3.42. The number of ether oxygens (including phenoxy) is 2. The van der Waals surface area contributed by atoms with Gasteiger partial charge >= 0.3 is 0 Å². The minimum atomic E-state index is -3.67. The molecule has 23 heavy (non-hydrogen) atoms. The second-order valence-electron chi connectivity index (χ2n) is 4.94. The standard InChI is InChI=1S/C15H21N3O4S/c1-12-16-8-10-18(12)9-4-7-17-23(19,20)15-11-13(21-2)5-6-14(15)22-3/h5-6,8,10-11,17H,4,7,9H2,1-3H3. The Kier molecular flexibility index (Phi) is 5.62. The predicted octanol–water partition coefficient (Wildman–Crippen LogP) is 1.58. The van der Waals surface area contributed by atoms with E-state index in [4.69, 9.17) is 9.47 Å². The molecule has 1 N–H and O–H groups in total. The van der Waals surface area contributed by atoms with Crippen molar-refractivity contribution < 1.29 is 17.9 Å². The van der Waals surface area contributed by atoms with Gasteiger partial charge in [-0.15, -0.1) is 0 Å². The van der Waals surface area contributed by atoms with Crippen LogP contribution in [0.25, 0.3) is 0 Å². The van der Waals surface area contributed by atoms with Gasteiger partial charge in [0.15, 0.2) is 0 Å². The number of benzene rings is 1. The molecule has 0 aliphatic carbocycles. The second-order valence-corrected chi connectivity index (χ2v) is 6.67. The number of nitrogens with zero attached hydrogens (tertiary/aromatic N) is 2. The zero-order chi connectivity index (χ0) is 16.9. The summed E-state index contributed by atoms with van der Waals surface area (Å²) in [6.07, 6.45) is 4.25. The van der Waals surface area contributed by atoms with Crippen LogP contribution in [0.5, 0.6) is 11.5 Å². The number of sulfonamides is 1. The summed E-state index contributed by atoms with van der Waals surface area (Å²) < 4.78 is 39.6. The predicted molar refractivity (Wildman–Crippen MR) is 86.3 cm³/mol. The minimum absolute atomic E-state index is 0.0677. The molecule has 0 saturated heterocycles. The van der Waals surface area contributed by atoms with Crippen LogP contribution in [0.3, 0.4) is 0 Å². The molecular formula is C15H21N3O4S. The van der Waals surface area contributed by atoms with Gasteiger partial charge in [0.25, 0.3) is 0 Å². The van der Waals surface area contributed by atoms with Gasteiger partial charge in [0.05, 0.1) is 14.2 Å². The first-order chi connectivity index (χ1) is 11.0. The van der Waals surface area contributed by atoms with Crippen LogP contribution in [0, 0.1) is 6.92 Å². The molecule has 0 saturated carbocycles. The van der Waals surface area contributed by atoms with Crippen LogP contribution in [0.1, 0.15) is 12.2 Å². The van der Waals surface area contributed by atoms with Crippen LogP contribution in [0.2, 0.25) is 0 Å². The van der Waals surface area contributed by atoms with Crippen LogP contribution in [-0.2, 0) is 16.6 Å². The normalized spacial score (nSPS) is 11.4. The van der Waals surface area contributed by atoms with E-state index in [0.717, 1.165) is 5.82 Å². The third-order valence-corrected chi connectivity index (χ3v) is 4.93. The van der Waals surface area contributed by atoms with Gasteiger partial charge in [0.1, 0.15) is 22.2 Å². The average molecular weight is 339 g/mol. The van der Waals surface area contributed by atoms with Gasteiger partial charge < -0.3 is 14.0 Å². The number of imidazole rings is 1. The maximum Gasteiger partial charge on any atom is 0.244 e. The van der Waals surface area contributed by atoms with Gasteiger partial charge in [-0.2, -0.15) is 0 Å². The number of aromatic nitrogens is 2. The molecule has 0 bridgehead atoms. The lowest BCUT2D eigenvalue weighted by Crippen LogP contribution is -2.26. The molecule has 126 valence electrons. The van der Waals surface area contributed by atoms with Crippen molar-refractivity contribution in [3.63, 3.8) is 0 Å². The van der Waals surface area contributed by atoms with E-state index < -0.39 is 10.0 Å². The highest BCUT2D eigenvalue weighted by Crippen LogP contribution is 2.27. The van der Waals surface area contributed by atoms with E-state index in [1.807, 2.05) is 17.7 Å². The molecular weight excluding hydrogens is 318 g/mol. The zero-order valence-corrected chi connectivity index (χ0v) is 14.3. The highest BCUT2D eigenvalue weighted by molar-refractivity contribution is 7.89. The van der Waals surface area contributed by atoms with E-state index in [0.29, 0.717) is 25.3 Å². The molecule has 0 unspecified atom stereocenters. The molecule has 2 rings (SSSR count). The Bertz CT molecular complexity index is 756. The fourth-order valence-electron chi connectivity index (χ4n) is 2.17. The van der Waals surface area contributed by atoms with Crippen molar-refractivity contribution in [2.45, 2.75) is 24.8 Å². The first kappa shape index (κ1) is 17.3. The van der Waals surface area contributed by atoms with Gasteiger partial charge in [-0.1, -0.05) is 0 Å². The Morgan fingerprint density at radius 1 is 1.26 bits per heavy atom. The SMILES string of the molecule is COc1ccc(OC)c(S(=O)(=O)NCCCn2ccnc2C)c1. The summed E-state index contributed by atoms with van der Waals surface area (Å²) in [5, 5.41) is 0. The first-order valence-electron chi connectivity index (χ1n) is 7.17. The topological polar surface area (TPSA) is 82.5 Å². The number of rotatable bonds is 8. The Morgan fingerprint density at radius 3 is 2.65 bits per heavy atom. The molecule has 0 radical (unpaired) electrons. The first-order valence-corrected chi connectivity index (χ1v) is 8.65. The molecule has 0 fully saturated rings. The molecule has 7 nitrogen and oxygen atoms in total. The number of hydrogen-bond acceptors (Lipinski definition) is 5. The van der Waals surface area contributed by atoms with Crippen molar-refractivity contribution in [3.05, 3.63) is 36.4 Å². The van der Waals surface area contributed by atoms with Gasteiger partial charge in [-0.05, 0) is 25.5 Å². The highest BCUT2D eigenvalue weighted by Gasteiger charge is 2.20. The molecule has 1 aromatic heterocycles. The van der Waals surface area contributed by atoms with E-state index in [-0.39, 0.29) is 10.6 Å². The average Bonchev–Trinajstić information content (AvgIpc) is 2.96. The van der Waals surface area contributed by atoms with E-state index in [1.54, 1.807) is 18.3 Å². The van der Waals surface area contributed by atoms with Crippen molar-refractivity contribution in [1.82, 2.24) is 14.3 Å². The third-order valence-electron chi connectivity index (χ3n) is 3.45. The van der Waals surface area contributed by atoms with E-state index >= 15 is 0 Å². The number of methoxy groups -OCH3 is 2. The van der Waals surface area contributed by atoms with Crippen LogP contribution >= 0.6 is 0 Å². The highest BCUT2D eigenvalue weighted by atomic mass is 32.2. The van der Waals surface area contributed by atoms with Gasteiger partial charge in [0.2, 0.25) is 10.0 Å². The molecule has 0 spiro atoms. The molecule has 1 aromatic carbocycles. The Hall–Kier alpha value is -2.06. The largest absolute Gasteiger partial charge is 0.497 e. The monoisotopic (exact) mass is 339 g/mol. The third kappa shape index (κ3) is 4.23. The molecule has 8 heteroatoms. The lowest BCUT2D eigenvalue weighted by Gasteiger charge is -2.12. The van der Waals surface area contributed by atoms with Gasteiger partial charge in [-0.3, -0.25) is 0 Å². The quantitative estimate of drug-likeness (QED) is 0.738. The van der Waals surface area contributed by atoms with E-state index in [1.165, 1.54) is 20.3 Å². The molecule has 0 amide bonds. The van der Waals surface area contributed by atoms with Crippen molar-refractivity contribution >= 4 is 10.0 Å². The maximum atomic E-state index is 12.4. The van der Waals surface area contributed by atoms with Crippen LogP contribution in [0.15, 0.2) is 35.5 Å². The minimum Gasteiger partial charge on any atom is -0.497 e. The summed E-state index contributed by atoms with van der Waals surface area (Å²) >= 11 is 0. The summed E-state index contributed by atoms with van der Waals surface area (Å²) in [5.41, 5.74) is 0. The molecule has 1 heterocycles. The molecule has 0 aliphatic rings. The lowest BCUT2D eigenvalue weighted by molar-refractivity contribution is 0.392. The van der Waals surface area contributed by atoms with Gasteiger partial charge in [0, 0.05) is 31.5 Å². The summed E-state index contributed by atoms with van der Waals surface area (Å²) in [6, 6.07) is 4.67. The summed E-state index contributed by atoms with van der Waals surface area (Å²) in [5.74, 6) is 1.64. The van der Waals surface area contributed by atoms with Crippen molar-refractivity contribution in [1.29, 1.82) is 0 Å². The Labute approximate surface area is 136 Å². The van der Waals surface area contributed by atoms with Crippen LogP contribution < -0.4 is 14.2 Å². The maximum absolute atomic E-state index is 12.4. The lowest BCUT2D eigenvalue weighted by atomic mass is 10.3. The number of nitrogens with one attached hydrogen (secondary N) is 1.